The molecule has 1 amide bonds. The first-order valence-corrected chi connectivity index (χ1v) is 8.85. The lowest BCUT2D eigenvalue weighted by Gasteiger charge is -2.36. The first-order chi connectivity index (χ1) is 11.0. The number of hydrogen-bond donors (Lipinski definition) is 2. The number of nitrogens with one attached hydrogen (secondary N) is 2. The van der Waals surface area contributed by atoms with Gasteiger partial charge in [-0.25, -0.2) is 0 Å². The van der Waals surface area contributed by atoms with Gasteiger partial charge >= 0.3 is 0 Å². The second-order valence-corrected chi connectivity index (χ2v) is 7.41. The van der Waals surface area contributed by atoms with E-state index in [2.05, 4.69) is 15.5 Å². The first-order valence-electron chi connectivity index (χ1n) is 8.44. The SMILES string of the molecule is CC(C)n1c(CNC(=O)C2C[C@H]3CCC[C@@H](C2)C3=O)n[nH]c1=S. The number of amides is 1. The number of aromatic amines is 1. The number of carbonyl (C=O) groups is 2. The molecule has 6 nitrogen and oxygen atoms in total. The van der Waals surface area contributed by atoms with E-state index in [-0.39, 0.29) is 29.7 Å². The van der Waals surface area contributed by atoms with Crippen LogP contribution in [0.15, 0.2) is 0 Å². The van der Waals surface area contributed by atoms with Gasteiger partial charge in [0.2, 0.25) is 5.91 Å². The molecule has 2 aliphatic rings. The van der Waals surface area contributed by atoms with E-state index < -0.39 is 0 Å². The highest BCUT2D eigenvalue weighted by molar-refractivity contribution is 7.71. The van der Waals surface area contributed by atoms with Crippen LogP contribution < -0.4 is 5.32 Å². The summed E-state index contributed by atoms with van der Waals surface area (Å²) < 4.78 is 2.48. The Morgan fingerprint density at radius 3 is 2.65 bits per heavy atom. The summed E-state index contributed by atoms with van der Waals surface area (Å²) in [6.45, 7) is 4.43. The van der Waals surface area contributed by atoms with Crippen LogP contribution in [0.25, 0.3) is 0 Å². The van der Waals surface area contributed by atoms with Crippen molar-refractivity contribution in [2.75, 3.05) is 0 Å². The molecule has 2 bridgehead atoms. The molecule has 0 radical (unpaired) electrons. The van der Waals surface area contributed by atoms with Crippen molar-refractivity contribution in [1.82, 2.24) is 20.1 Å². The number of hydrogen-bond acceptors (Lipinski definition) is 4. The average molecular weight is 336 g/mol. The summed E-state index contributed by atoms with van der Waals surface area (Å²) in [6, 6.07) is 0.194. The van der Waals surface area contributed by atoms with Crippen LogP contribution in [-0.2, 0) is 16.1 Å². The first kappa shape index (κ1) is 16.4. The summed E-state index contributed by atoms with van der Waals surface area (Å²) in [7, 11) is 0. The minimum Gasteiger partial charge on any atom is -0.349 e. The molecule has 3 atom stereocenters. The summed E-state index contributed by atoms with van der Waals surface area (Å²) in [5, 5.41) is 9.96. The normalized spacial score (nSPS) is 27.3. The Hall–Kier alpha value is -1.50. The molecule has 3 rings (SSSR count). The summed E-state index contributed by atoms with van der Waals surface area (Å²) in [4.78, 5) is 24.6. The van der Waals surface area contributed by atoms with Crippen molar-refractivity contribution >= 4 is 23.9 Å². The molecule has 0 saturated heterocycles. The Morgan fingerprint density at radius 1 is 1.39 bits per heavy atom. The fourth-order valence-electron chi connectivity index (χ4n) is 4.00. The molecule has 1 unspecified atom stereocenters. The smallest absolute Gasteiger partial charge is 0.223 e. The number of nitrogens with zero attached hydrogens (tertiary/aromatic N) is 2. The van der Waals surface area contributed by atoms with Crippen LogP contribution in [0, 0.1) is 22.5 Å². The van der Waals surface area contributed by atoms with E-state index in [9.17, 15) is 9.59 Å². The molecule has 126 valence electrons. The Balaban J connectivity index is 1.62. The lowest BCUT2D eigenvalue weighted by atomic mass is 9.67. The molecule has 2 N–H and O–H groups in total. The highest BCUT2D eigenvalue weighted by Crippen LogP contribution is 2.40. The lowest BCUT2D eigenvalue weighted by Crippen LogP contribution is -2.42. The molecule has 1 heterocycles. The van der Waals surface area contributed by atoms with Crippen LogP contribution >= 0.6 is 12.2 Å². The third-order valence-electron chi connectivity index (χ3n) is 5.13. The monoisotopic (exact) mass is 336 g/mol. The van der Waals surface area contributed by atoms with Gasteiger partial charge in [-0.1, -0.05) is 6.42 Å². The number of rotatable bonds is 4. The Bertz CT molecular complexity index is 647. The fraction of sp³-hybridized carbons (Fsp3) is 0.750. The van der Waals surface area contributed by atoms with Crippen molar-refractivity contribution in [3.63, 3.8) is 0 Å². The van der Waals surface area contributed by atoms with Crippen LogP contribution in [0.5, 0.6) is 0 Å². The molecule has 2 fully saturated rings. The second-order valence-electron chi connectivity index (χ2n) is 7.02. The van der Waals surface area contributed by atoms with Crippen LogP contribution in [-0.4, -0.2) is 26.5 Å². The minimum absolute atomic E-state index is 0.0404. The number of Topliss-reactive ketones (excluding diaryl/α,β-unsaturated/α-hetero) is 1. The molecule has 7 heteroatoms. The Labute approximate surface area is 141 Å². The summed E-state index contributed by atoms with van der Waals surface area (Å²) in [5.41, 5.74) is 0. The highest BCUT2D eigenvalue weighted by atomic mass is 32.1. The maximum absolute atomic E-state index is 12.5. The van der Waals surface area contributed by atoms with Crippen molar-refractivity contribution in [3.05, 3.63) is 10.6 Å². The van der Waals surface area contributed by atoms with E-state index in [4.69, 9.17) is 12.2 Å². The van der Waals surface area contributed by atoms with Gasteiger partial charge in [-0.05, 0) is 51.7 Å². The minimum atomic E-state index is -0.0441. The molecule has 23 heavy (non-hydrogen) atoms. The van der Waals surface area contributed by atoms with E-state index in [0.717, 1.165) is 25.1 Å². The number of carbonyl (C=O) groups excluding carboxylic acids is 2. The molecular formula is C16H24N4O2S. The van der Waals surface area contributed by atoms with Crippen molar-refractivity contribution in [2.45, 2.75) is 58.5 Å². The van der Waals surface area contributed by atoms with Crippen molar-refractivity contribution < 1.29 is 9.59 Å². The highest BCUT2D eigenvalue weighted by Gasteiger charge is 2.41. The quantitative estimate of drug-likeness (QED) is 0.828. The second kappa shape index (κ2) is 6.55. The van der Waals surface area contributed by atoms with Gasteiger partial charge in [-0.3, -0.25) is 14.7 Å². The van der Waals surface area contributed by atoms with Crippen LogP contribution in [0.4, 0.5) is 0 Å². The number of ketones is 1. The maximum Gasteiger partial charge on any atom is 0.223 e. The number of H-pyrrole nitrogens is 1. The van der Waals surface area contributed by atoms with Crippen LogP contribution in [0.1, 0.15) is 57.8 Å². The molecule has 2 saturated carbocycles. The predicted octanol–water partition coefficient (Wildman–Crippen LogP) is 2.53. The third-order valence-corrected chi connectivity index (χ3v) is 5.42. The number of fused-ring (bicyclic) bond motifs is 2. The van der Waals surface area contributed by atoms with Gasteiger partial charge < -0.3 is 9.88 Å². The molecule has 1 aromatic heterocycles. The van der Waals surface area contributed by atoms with Crippen molar-refractivity contribution in [1.29, 1.82) is 0 Å². The van der Waals surface area contributed by atoms with Gasteiger partial charge in [0.05, 0.1) is 6.54 Å². The van der Waals surface area contributed by atoms with Gasteiger partial charge in [0.15, 0.2) is 10.6 Å². The predicted molar refractivity (Wildman–Crippen MR) is 88.2 cm³/mol. The zero-order chi connectivity index (χ0) is 16.6. The standard InChI is InChI=1S/C16H24N4O2S/c1-9(2)20-13(18-19-16(20)23)8-17-15(22)12-6-10-4-3-5-11(7-12)14(10)21/h9-12H,3-8H2,1-2H3,(H,17,22)(H,19,23)/t10-,11+,12?. The summed E-state index contributed by atoms with van der Waals surface area (Å²) in [6.07, 6.45) is 4.44. The van der Waals surface area contributed by atoms with Crippen LogP contribution in [0.3, 0.4) is 0 Å². The largest absolute Gasteiger partial charge is 0.349 e. The van der Waals surface area contributed by atoms with Crippen molar-refractivity contribution in [2.24, 2.45) is 17.8 Å². The topological polar surface area (TPSA) is 79.8 Å². The van der Waals surface area contributed by atoms with Gasteiger partial charge in [0.25, 0.3) is 0 Å². The molecule has 0 aromatic carbocycles. The molecule has 0 spiro atoms. The van der Waals surface area contributed by atoms with Crippen LogP contribution in [0.2, 0.25) is 0 Å². The van der Waals surface area contributed by atoms with E-state index in [0.29, 0.717) is 29.9 Å². The Kier molecular flexibility index (Phi) is 4.66. The lowest BCUT2D eigenvalue weighted by molar-refractivity contribution is -0.137. The zero-order valence-electron chi connectivity index (χ0n) is 13.7. The molecule has 2 aliphatic carbocycles. The van der Waals surface area contributed by atoms with E-state index in [1.165, 1.54) is 0 Å². The fourth-order valence-corrected chi connectivity index (χ4v) is 4.36. The van der Waals surface area contributed by atoms with Gasteiger partial charge in [-0.2, -0.15) is 5.10 Å². The molecular weight excluding hydrogens is 312 g/mol. The maximum atomic E-state index is 12.5. The summed E-state index contributed by atoms with van der Waals surface area (Å²) >= 11 is 5.22. The Morgan fingerprint density at radius 2 is 2.04 bits per heavy atom. The molecule has 1 aromatic rings. The van der Waals surface area contributed by atoms with Gasteiger partial charge in [0.1, 0.15) is 5.78 Å². The van der Waals surface area contributed by atoms with E-state index >= 15 is 0 Å². The van der Waals surface area contributed by atoms with Gasteiger partial charge in [-0.15, -0.1) is 0 Å². The molecule has 0 aliphatic heterocycles. The zero-order valence-corrected chi connectivity index (χ0v) is 14.5. The number of aromatic nitrogens is 3. The van der Waals surface area contributed by atoms with Crippen molar-refractivity contribution in [3.8, 4) is 0 Å². The van der Waals surface area contributed by atoms with E-state index in [1.807, 2.05) is 18.4 Å². The summed E-state index contributed by atoms with van der Waals surface area (Å²) in [5.74, 6) is 1.33. The van der Waals surface area contributed by atoms with Gasteiger partial charge in [0, 0.05) is 23.8 Å². The van der Waals surface area contributed by atoms with E-state index in [1.54, 1.807) is 0 Å². The average Bonchev–Trinajstić information content (AvgIpc) is 2.85. The third kappa shape index (κ3) is 3.24.